The van der Waals surface area contributed by atoms with Crippen molar-refractivity contribution in [1.82, 2.24) is 5.43 Å². The van der Waals surface area contributed by atoms with Gasteiger partial charge in [0.2, 0.25) is 17.7 Å². The number of hydrogen-bond acceptors (Lipinski definition) is 4. The maximum absolute atomic E-state index is 14.4. The number of anilines is 1. The average molecular weight is 560 g/mol. The number of carbonyl (C=O) groups is 3. The SMILES string of the molecule is O=C(CCc1ccccc1)N/N=C/C12c3ccccc3C(c3ccccc31)C1C(=O)N(c3ccccc3Cl)C(=O)C12. The fraction of sp³-hybridized carbons (Fsp3) is 0.176. The fourth-order valence-corrected chi connectivity index (χ4v) is 7.31. The minimum Gasteiger partial charge on any atom is -0.274 e. The van der Waals surface area contributed by atoms with Crippen molar-refractivity contribution in [2.45, 2.75) is 24.2 Å². The highest BCUT2D eigenvalue weighted by molar-refractivity contribution is 6.36. The van der Waals surface area contributed by atoms with Gasteiger partial charge in [0.05, 0.1) is 28.0 Å². The van der Waals surface area contributed by atoms with Crippen LogP contribution in [-0.4, -0.2) is 23.9 Å². The van der Waals surface area contributed by atoms with Crippen LogP contribution in [0, 0.1) is 11.8 Å². The number of hydrogen-bond donors (Lipinski definition) is 1. The largest absolute Gasteiger partial charge is 0.274 e. The molecule has 8 rings (SSSR count). The molecule has 0 saturated carbocycles. The Labute approximate surface area is 242 Å². The first-order chi connectivity index (χ1) is 20.0. The summed E-state index contributed by atoms with van der Waals surface area (Å²) in [4.78, 5) is 42.6. The van der Waals surface area contributed by atoms with Crippen LogP contribution in [0.5, 0.6) is 0 Å². The molecule has 41 heavy (non-hydrogen) atoms. The van der Waals surface area contributed by atoms with Gasteiger partial charge in [0.25, 0.3) is 0 Å². The summed E-state index contributed by atoms with van der Waals surface area (Å²) in [7, 11) is 0. The molecule has 1 N–H and O–H groups in total. The topological polar surface area (TPSA) is 78.8 Å². The second kappa shape index (κ2) is 9.82. The molecule has 0 spiro atoms. The lowest BCUT2D eigenvalue weighted by Gasteiger charge is -2.52. The van der Waals surface area contributed by atoms with E-state index in [0.29, 0.717) is 17.1 Å². The molecule has 6 nitrogen and oxygen atoms in total. The van der Waals surface area contributed by atoms with Crippen molar-refractivity contribution in [3.8, 4) is 0 Å². The predicted octanol–water partition coefficient (Wildman–Crippen LogP) is 5.63. The predicted molar refractivity (Wildman–Crippen MR) is 158 cm³/mol. The van der Waals surface area contributed by atoms with E-state index in [0.717, 1.165) is 27.8 Å². The third kappa shape index (κ3) is 3.78. The van der Waals surface area contributed by atoms with Crippen LogP contribution in [-0.2, 0) is 26.2 Å². The van der Waals surface area contributed by atoms with Crippen LogP contribution < -0.4 is 10.3 Å². The number of amides is 3. The number of benzene rings is 4. The molecule has 1 aliphatic heterocycles. The van der Waals surface area contributed by atoms with Gasteiger partial charge in [-0.25, -0.2) is 10.3 Å². The van der Waals surface area contributed by atoms with Crippen LogP contribution in [0.2, 0.25) is 5.02 Å². The molecule has 202 valence electrons. The van der Waals surface area contributed by atoms with Gasteiger partial charge in [0.1, 0.15) is 0 Å². The van der Waals surface area contributed by atoms with Crippen LogP contribution in [0.15, 0.2) is 108 Å². The number of carbonyl (C=O) groups excluding carboxylic acids is 3. The number of aryl methyl sites for hydroxylation is 1. The smallest absolute Gasteiger partial charge is 0.240 e. The van der Waals surface area contributed by atoms with Crippen molar-refractivity contribution in [3.63, 3.8) is 0 Å². The van der Waals surface area contributed by atoms with Gasteiger partial charge in [-0.1, -0.05) is 103 Å². The molecule has 7 heteroatoms. The van der Waals surface area contributed by atoms with Gasteiger partial charge in [-0.3, -0.25) is 14.4 Å². The summed E-state index contributed by atoms with van der Waals surface area (Å²) >= 11 is 6.51. The molecule has 0 radical (unpaired) electrons. The van der Waals surface area contributed by atoms with E-state index >= 15 is 0 Å². The minimum absolute atomic E-state index is 0.226. The molecular formula is C34H26ClN3O3. The lowest BCUT2D eigenvalue weighted by molar-refractivity contribution is -0.123. The summed E-state index contributed by atoms with van der Waals surface area (Å²) in [6.07, 6.45) is 2.54. The molecule has 3 amide bonds. The Morgan fingerprint density at radius 2 is 1.44 bits per heavy atom. The normalized spacial score (nSPS) is 23.8. The summed E-state index contributed by atoms with van der Waals surface area (Å²) in [5.41, 5.74) is 6.93. The molecule has 0 aromatic heterocycles. The number of nitrogens with zero attached hydrogens (tertiary/aromatic N) is 2. The summed E-state index contributed by atoms with van der Waals surface area (Å²) in [6.45, 7) is 0. The Bertz CT molecular complexity index is 1690. The number of halogens is 1. The van der Waals surface area contributed by atoms with Crippen molar-refractivity contribution in [3.05, 3.63) is 136 Å². The molecule has 1 saturated heterocycles. The first kappa shape index (κ1) is 25.4. The maximum Gasteiger partial charge on any atom is 0.240 e. The summed E-state index contributed by atoms with van der Waals surface area (Å²) in [5, 5.41) is 4.81. The Morgan fingerprint density at radius 1 is 0.829 bits per heavy atom. The van der Waals surface area contributed by atoms with E-state index in [9.17, 15) is 14.4 Å². The highest BCUT2D eigenvalue weighted by Crippen LogP contribution is 2.63. The fourth-order valence-electron chi connectivity index (χ4n) is 7.08. The number of imide groups is 1. The van der Waals surface area contributed by atoms with Crippen molar-refractivity contribution < 1.29 is 14.4 Å². The van der Waals surface area contributed by atoms with Crippen molar-refractivity contribution in [1.29, 1.82) is 0 Å². The molecule has 1 heterocycles. The third-order valence-corrected chi connectivity index (χ3v) is 9.04. The summed E-state index contributed by atoms with van der Waals surface area (Å²) in [5.74, 6) is -2.48. The van der Waals surface area contributed by atoms with Gasteiger partial charge < -0.3 is 0 Å². The Hall–Kier alpha value is -4.55. The molecule has 3 aliphatic carbocycles. The van der Waals surface area contributed by atoms with Gasteiger partial charge in [-0.2, -0.15) is 5.10 Å². The zero-order valence-corrected chi connectivity index (χ0v) is 22.8. The van der Waals surface area contributed by atoms with E-state index in [1.54, 1.807) is 30.5 Å². The van der Waals surface area contributed by atoms with E-state index in [2.05, 4.69) is 10.5 Å². The minimum atomic E-state index is -1.05. The van der Waals surface area contributed by atoms with Gasteiger partial charge in [0, 0.05) is 18.6 Å². The Kier molecular flexibility index (Phi) is 6.09. The molecule has 4 aromatic rings. The van der Waals surface area contributed by atoms with Crippen LogP contribution in [0.3, 0.4) is 0 Å². The molecule has 1 fully saturated rings. The van der Waals surface area contributed by atoms with Crippen molar-refractivity contribution in [2.24, 2.45) is 16.9 Å². The van der Waals surface area contributed by atoms with Crippen LogP contribution in [0.25, 0.3) is 0 Å². The number of para-hydroxylation sites is 1. The molecule has 2 bridgehead atoms. The van der Waals surface area contributed by atoms with Gasteiger partial charge in [0.15, 0.2) is 0 Å². The lowest BCUT2D eigenvalue weighted by atomic mass is 9.47. The third-order valence-electron chi connectivity index (χ3n) is 8.72. The molecule has 2 atom stereocenters. The van der Waals surface area contributed by atoms with Crippen LogP contribution in [0.4, 0.5) is 5.69 Å². The van der Waals surface area contributed by atoms with E-state index < -0.39 is 17.3 Å². The average Bonchev–Trinajstić information content (AvgIpc) is 3.27. The monoisotopic (exact) mass is 559 g/mol. The van der Waals surface area contributed by atoms with E-state index in [1.807, 2.05) is 78.9 Å². The number of nitrogens with one attached hydrogen (secondary N) is 1. The van der Waals surface area contributed by atoms with E-state index in [4.69, 9.17) is 11.6 Å². The van der Waals surface area contributed by atoms with Crippen LogP contribution in [0.1, 0.15) is 40.2 Å². The molecule has 4 aliphatic rings. The standard InChI is InChI=1S/C34H26ClN3O3/c35-26-16-8-9-17-27(26)38-32(40)30-29-22-12-4-6-14-24(22)34(31(30)33(38)41,25-15-7-5-13-23(25)29)20-36-37-28(39)19-18-21-10-2-1-3-11-21/h1-17,20,29-31H,18-19H2,(H,37,39)/b36-20+. The Balaban J connectivity index is 1.33. The summed E-state index contributed by atoms with van der Waals surface area (Å²) < 4.78 is 0. The molecule has 4 aromatic carbocycles. The highest BCUT2D eigenvalue weighted by atomic mass is 35.5. The van der Waals surface area contributed by atoms with E-state index in [1.165, 1.54) is 4.90 Å². The first-order valence-corrected chi connectivity index (χ1v) is 14.1. The molecular weight excluding hydrogens is 534 g/mol. The maximum atomic E-state index is 14.4. The Morgan fingerprint density at radius 3 is 2.12 bits per heavy atom. The molecule has 2 unspecified atom stereocenters. The summed E-state index contributed by atoms with van der Waals surface area (Å²) in [6, 6.07) is 32.6. The number of hydrazone groups is 1. The van der Waals surface area contributed by atoms with Gasteiger partial charge in [-0.05, 0) is 46.4 Å². The van der Waals surface area contributed by atoms with Crippen LogP contribution >= 0.6 is 11.6 Å². The number of rotatable bonds is 6. The highest BCUT2D eigenvalue weighted by Gasteiger charge is 2.68. The second-order valence-corrected chi connectivity index (χ2v) is 11.2. The first-order valence-electron chi connectivity index (χ1n) is 13.7. The zero-order valence-electron chi connectivity index (χ0n) is 22.0. The van der Waals surface area contributed by atoms with Crippen molar-refractivity contribution >= 4 is 41.2 Å². The van der Waals surface area contributed by atoms with Crippen molar-refractivity contribution in [2.75, 3.05) is 4.90 Å². The zero-order chi connectivity index (χ0) is 28.1. The lowest BCUT2D eigenvalue weighted by Crippen LogP contribution is -2.54. The quantitative estimate of drug-likeness (QED) is 0.189. The van der Waals surface area contributed by atoms with E-state index in [-0.39, 0.29) is 30.1 Å². The van der Waals surface area contributed by atoms with Gasteiger partial charge in [-0.15, -0.1) is 0 Å². The second-order valence-electron chi connectivity index (χ2n) is 10.8. The van der Waals surface area contributed by atoms with Gasteiger partial charge >= 0.3 is 0 Å².